The Hall–Kier alpha value is -1.59. The number of aliphatic hydroxyl groups excluding tert-OH is 1. The highest BCUT2D eigenvalue weighted by Crippen LogP contribution is 2.19. The monoisotopic (exact) mass is 306 g/mol. The van der Waals surface area contributed by atoms with E-state index in [-0.39, 0.29) is 18.1 Å². The maximum Gasteiger partial charge on any atom is 0.317 e. The Balaban J connectivity index is 1.61. The van der Waals surface area contributed by atoms with Gasteiger partial charge in [-0.05, 0) is 25.3 Å². The van der Waals surface area contributed by atoms with Crippen LogP contribution in [0.2, 0.25) is 0 Å². The van der Waals surface area contributed by atoms with Gasteiger partial charge in [0.25, 0.3) is 0 Å². The molecule has 2 amide bonds. The first-order valence-corrected chi connectivity index (χ1v) is 7.99. The van der Waals surface area contributed by atoms with Crippen LogP contribution in [0.1, 0.15) is 25.3 Å². The second-order valence-electron chi connectivity index (χ2n) is 5.86. The summed E-state index contributed by atoms with van der Waals surface area (Å²) in [5.74, 6) is 0.189. The predicted octanol–water partition coefficient (Wildman–Crippen LogP) is 2.01. The van der Waals surface area contributed by atoms with Crippen LogP contribution in [0.15, 0.2) is 30.3 Å². The van der Waals surface area contributed by atoms with Gasteiger partial charge < -0.3 is 20.1 Å². The van der Waals surface area contributed by atoms with E-state index in [0.29, 0.717) is 26.3 Å². The summed E-state index contributed by atoms with van der Waals surface area (Å²) in [5, 5.41) is 12.5. The van der Waals surface area contributed by atoms with Crippen LogP contribution in [-0.4, -0.2) is 48.4 Å². The fourth-order valence-corrected chi connectivity index (χ4v) is 2.69. The zero-order valence-electron chi connectivity index (χ0n) is 13.2. The number of ether oxygens (including phenoxy) is 1. The molecule has 2 N–H and O–H groups in total. The molecule has 1 aromatic carbocycles. The third kappa shape index (κ3) is 5.31. The molecule has 0 aromatic heterocycles. The molecule has 1 aromatic rings. The fourth-order valence-electron chi connectivity index (χ4n) is 2.69. The number of urea groups is 1. The van der Waals surface area contributed by atoms with E-state index in [1.807, 2.05) is 30.3 Å². The molecular weight excluding hydrogens is 280 g/mol. The number of likely N-dealkylation sites (tertiary alicyclic amines) is 1. The van der Waals surface area contributed by atoms with Gasteiger partial charge >= 0.3 is 6.03 Å². The van der Waals surface area contributed by atoms with Crippen LogP contribution >= 0.6 is 0 Å². The molecule has 2 atom stereocenters. The van der Waals surface area contributed by atoms with Gasteiger partial charge in [0, 0.05) is 25.6 Å². The Kier molecular flexibility index (Phi) is 6.68. The van der Waals surface area contributed by atoms with E-state index in [9.17, 15) is 9.90 Å². The van der Waals surface area contributed by atoms with Crippen LogP contribution in [0.25, 0.3) is 0 Å². The lowest BCUT2D eigenvalue weighted by Gasteiger charge is -2.34. The van der Waals surface area contributed by atoms with Crippen molar-refractivity contribution in [2.45, 2.75) is 32.5 Å². The molecule has 22 heavy (non-hydrogen) atoms. The Morgan fingerprint density at radius 3 is 2.95 bits per heavy atom. The van der Waals surface area contributed by atoms with Gasteiger partial charge in [0.2, 0.25) is 0 Å². The van der Waals surface area contributed by atoms with E-state index in [0.717, 1.165) is 24.9 Å². The SMILES string of the molecule is CC(O)C1CCCN(C(=O)NCCOCc2ccccc2)C1. The van der Waals surface area contributed by atoms with E-state index in [1.54, 1.807) is 11.8 Å². The number of piperidine rings is 1. The highest BCUT2D eigenvalue weighted by molar-refractivity contribution is 5.74. The van der Waals surface area contributed by atoms with Crippen molar-refractivity contribution in [3.8, 4) is 0 Å². The van der Waals surface area contributed by atoms with Crippen molar-refractivity contribution in [2.75, 3.05) is 26.2 Å². The lowest BCUT2D eigenvalue weighted by Crippen LogP contribution is -2.48. The lowest BCUT2D eigenvalue weighted by atomic mass is 9.94. The molecule has 5 nitrogen and oxygen atoms in total. The number of rotatable bonds is 6. The zero-order valence-corrected chi connectivity index (χ0v) is 13.2. The fraction of sp³-hybridized carbons (Fsp3) is 0.588. The van der Waals surface area contributed by atoms with E-state index in [4.69, 9.17) is 4.74 Å². The number of benzene rings is 1. The van der Waals surface area contributed by atoms with Crippen molar-refractivity contribution in [1.82, 2.24) is 10.2 Å². The summed E-state index contributed by atoms with van der Waals surface area (Å²) in [6.07, 6.45) is 1.58. The highest BCUT2D eigenvalue weighted by Gasteiger charge is 2.26. The number of carbonyl (C=O) groups is 1. The average molecular weight is 306 g/mol. The van der Waals surface area contributed by atoms with Crippen molar-refractivity contribution in [3.05, 3.63) is 35.9 Å². The summed E-state index contributed by atoms with van der Waals surface area (Å²) in [5.41, 5.74) is 1.13. The van der Waals surface area contributed by atoms with Crippen molar-refractivity contribution in [1.29, 1.82) is 0 Å². The second-order valence-corrected chi connectivity index (χ2v) is 5.86. The van der Waals surface area contributed by atoms with Crippen molar-refractivity contribution in [3.63, 3.8) is 0 Å². The molecule has 0 spiro atoms. The number of nitrogens with zero attached hydrogens (tertiary/aromatic N) is 1. The second kappa shape index (κ2) is 8.76. The summed E-state index contributed by atoms with van der Waals surface area (Å²) in [4.78, 5) is 13.9. The summed E-state index contributed by atoms with van der Waals surface area (Å²) >= 11 is 0. The number of hydrogen-bond acceptors (Lipinski definition) is 3. The molecule has 122 valence electrons. The van der Waals surface area contributed by atoms with E-state index < -0.39 is 0 Å². The highest BCUT2D eigenvalue weighted by atomic mass is 16.5. The van der Waals surface area contributed by atoms with E-state index >= 15 is 0 Å². The van der Waals surface area contributed by atoms with Gasteiger partial charge in [-0.25, -0.2) is 4.79 Å². The normalized spacial score (nSPS) is 19.7. The number of hydrogen-bond donors (Lipinski definition) is 2. The molecule has 2 unspecified atom stereocenters. The van der Waals surface area contributed by atoms with Gasteiger partial charge in [-0.1, -0.05) is 30.3 Å². The van der Waals surface area contributed by atoms with Crippen molar-refractivity contribution < 1.29 is 14.6 Å². The van der Waals surface area contributed by atoms with Crippen LogP contribution in [0.4, 0.5) is 4.79 Å². The summed E-state index contributed by atoms with van der Waals surface area (Å²) in [6.45, 7) is 4.75. The van der Waals surface area contributed by atoms with Gasteiger partial charge in [-0.3, -0.25) is 0 Å². The largest absolute Gasteiger partial charge is 0.393 e. The minimum Gasteiger partial charge on any atom is -0.393 e. The molecule has 1 saturated heterocycles. The van der Waals surface area contributed by atoms with Crippen molar-refractivity contribution >= 4 is 6.03 Å². The molecule has 5 heteroatoms. The number of nitrogens with one attached hydrogen (secondary N) is 1. The summed E-state index contributed by atoms with van der Waals surface area (Å²) < 4.78 is 5.54. The van der Waals surface area contributed by atoms with Gasteiger partial charge in [0.15, 0.2) is 0 Å². The molecule has 1 heterocycles. The van der Waals surface area contributed by atoms with Crippen LogP contribution in [0.3, 0.4) is 0 Å². The molecule has 2 rings (SSSR count). The van der Waals surface area contributed by atoms with Crippen LogP contribution in [-0.2, 0) is 11.3 Å². The third-order valence-electron chi connectivity index (χ3n) is 4.06. The third-order valence-corrected chi connectivity index (χ3v) is 4.06. The summed E-state index contributed by atoms with van der Waals surface area (Å²) in [7, 11) is 0. The van der Waals surface area contributed by atoms with Crippen LogP contribution in [0.5, 0.6) is 0 Å². The van der Waals surface area contributed by atoms with Crippen LogP contribution in [0, 0.1) is 5.92 Å². The predicted molar refractivity (Wildman–Crippen MR) is 85.5 cm³/mol. The van der Waals surface area contributed by atoms with Crippen molar-refractivity contribution in [2.24, 2.45) is 5.92 Å². The average Bonchev–Trinajstić information content (AvgIpc) is 2.55. The molecule has 1 fully saturated rings. The molecule has 0 radical (unpaired) electrons. The molecule has 1 aliphatic rings. The quantitative estimate of drug-likeness (QED) is 0.790. The van der Waals surface area contributed by atoms with Gasteiger partial charge in [-0.15, -0.1) is 0 Å². The van der Waals surface area contributed by atoms with Gasteiger partial charge in [0.05, 0.1) is 19.3 Å². The first-order chi connectivity index (χ1) is 10.7. The van der Waals surface area contributed by atoms with Gasteiger partial charge in [0.1, 0.15) is 0 Å². The Morgan fingerprint density at radius 2 is 2.23 bits per heavy atom. The Bertz CT molecular complexity index is 450. The molecule has 1 aliphatic heterocycles. The first kappa shape index (κ1) is 16.8. The lowest BCUT2D eigenvalue weighted by molar-refractivity contribution is 0.0725. The Morgan fingerprint density at radius 1 is 1.45 bits per heavy atom. The number of amides is 2. The maximum absolute atomic E-state index is 12.1. The van der Waals surface area contributed by atoms with E-state index in [2.05, 4.69) is 5.32 Å². The topological polar surface area (TPSA) is 61.8 Å². The summed E-state index contributed by atoms with van der Waals surface area (Å²) in [6, 6.07) is 9.91. The van der Waals surface area contributed by atoms with Crippen LogP contribution < -0.4 is 5.32 Å². The first-order valence-electron chi connectivity index (χ1n) is 7.99. The molecule has 0 aliphatic carbocycles. The Labute approximate surface area is 132 Å². The minimum absolute atomic E-state index is 0.0614. The molecular formula is C17H26N2O3. The smallest absolute Gasteiger partial charge is 0.317 e. The molecule has 0 saturated carbocycles. The zero-order chi connectivity index (χ0) is 15.8. The van der Waals surface area contributed by atoms with Gasteiger partial charge in [-0.2, -0.15) is 0 Å². The minimum atomic E-state index is -0.357. The standard InChI is InChI=1S/C17H26N2O3/c1-14(20)16-8-5-10-19(12-16)17(21)18-9-11-22-13-15-6-3-2-4-7-15/h2-4,6-7,14,16,20H,5,8-13H2,1H3,(H,18,21). The number of carbonyl (C=O) groups excluding carboxylic acids is 1. The molecule has 0 bridgehead atoms. The maximum atomic E-state index is 12.1. The van der Waals surface area contributed by atoms with E-state index in [1.165, 1.54) is 0 Å². The number of aliphatic hydroxyl groups is 1.